The minimum absolute atomic E-state index is 0.670. The molecule has 1 fully saturated rings. The zero-order valence-electron chi connectivity index (χ0n) is 14.1. The van der Waals surface area contributed by atoms with E-state index in [1.807, 2.05) is 36.5 Å². The standard InChI is InChI=1S/C19H23N3O2/c1-23-15-7-8-17-16(14-15)20-19(18-6-5-11-22(17)18)24-13-12-21-9-3-2-4-10-21/h5-8,11,14H,2-4,9-10,12-13H2,1H3. The summed E-state index contributed by atoms with van der Waals surface area (Å²) in [6.07, 6.45) is 6.01. The van der Waals surface area contributed by atoms with Gasteiger partial charge in [-0.15, -0.1) is 0 Å². The van der Waals surface area contributed by atoms with Crippen LogP contribution >= 0.6 is 0 Å². The topological polar surface area (TPSA) is 39.0 Å². The SMILES string of the molecule is COc1ccc2c(c1)nc(OCCN1CCCCC1)c1cccn12. The first-order valence-electron chi connectivity index (χ1n) is 8.65. The predicted octanol–water partition coefficient (Wildman–Crippen LogP) is 3.36. The van der Waals surface area contributed by atoms with E-state index in [4.69, 9.17) is 14.5 Å². The van der Waals surface area contributed by atoms with Gasteiger partial charge in [0.15, 0.2) is 0 Å². The number of ether oxygens (including phenoxy) is 2. The van der Waals surface area contributed by atoms with Gasteiger partial charge in [-0.05, 0) is 50.2 Å². The fourth-order valence-corrected chi connectivity index (χ4v) is 3.42. The van der Waals surface area contributed by atoms with Gasteiger partial charge in [-0.2, -0.15) is 0 Å². The lowest BCUT2D eigenvalue weighted by molar-refractivity contribution is 0.181. The van der Waals surface area contributed by atoms with Crippen molar-refractivity contribution in [1.29, 1.82) is 0 Å². The molecular formula is C19H23N3O2. The molecule has 1 aromatic carbocycles. The molecule has 1 aliphatic rings. The number of rotatable bonds is 5. The second-order valence-corrected chi connectivity index (χ2v) is 6.29. The number of piperidine rings is 1. The fraction of sp³-hybridized carbons (Fsp3) is 0.421. The molecule has 126 valence electrons. The van der Waals surface area contributed by atoms with Crippen LogP contribution in [-0.4, -0.2) is 47.6 Å². The lowest BCUT2D eigenvalue weighted by atomic mass is 10.1. The van der Waals surface area contributed by atoms with Crippen LogP contribution in [0.2, 0.25) is 0 Å². The Bertz CT molecular complexity index is 837. The van der Waals surface area contributed by atoms with E-state index in [0.717, 1.165) is 28.8 Å². The first kappa shape index (κ1) is 15.3. The number of hydrogen-bond donors (Lipinski definition) is 0. The largest absolute Gasteiger partial charge is 0.497 e. The summed E-state index contributed by atoms with van der Waals surface area (Å²) in [7, 11) is 1.67. The third kappa shape index (κ3) is 2.91. The molecule has 0 bridgehead atoms. The first-order valence-corrected chi connectivity index (χ1v) is 8.65. The molecule has 1 aliphatic heterocycles. The summed E-state index contributed by atoms with van der Waals surface area (Å²) in [5.74, 6) is 1.50. The van der Waals surface area contributed by atoms with Crippen molar-refractivity contribution >= 4 is 16.6 Å². The highest BCUT2D eigenvalue weighted by molar-refractivity contribution is 5.82. The number of hydrogen-bond acceptors (Lipinski definition) is 4. The average Bonchev–Trinajstić information content (AvgIpc) is 3.12. The maximum absolute atomic E-state index is 6.05. The van der Waals surface area contributed by atoms with Crippen LogP contribution in [0, 0.1) is 0 Å². The summed E-state index contributed by atoms with van der Waals surface area (Å²) in [6, 6.07) is 10.0. The molecule has 0 aliphatic carbocycles. The Morgan fingerprint density at radius 3 is 2.79 bits per heavy atom. The monoisotopic (exact) mass is 325 g/mol. The second-order valence-electron chi connectivity index (χ2n) is 6.29. The maximum Gasteiger partial charge on any atom is 0.238 e. The van der Waals surface area contributed by atoms with Crippen molar-refractivity contribution in [3.05, 3.63) is 36.5 Å². The predicted molar refractivity (Wildman–Crippen MR) is 95.0 cm³/mol. The van der Waals surface area contributed by atoms with Gasteiger partial charge in [-0.25, -0.2) is 4.98 Å². The van der Waals surface area contributed by atoms with Crippen molar-refractivity contribution in [2.24, 2.45) is 0 Å². The van der Waals surface area contributed by atoms with E-state index in [1.165, 1.54) is 32.4 Å². The summed E-state index contributed by atoms with van der Waals surface area (Å²) in [6.45, 7) is 4.01. The number of methoxy groups -OCH3 is 1. The number of aromatic nitrogens is 2. The zero-order valence-corrected chi connectivity index (χ0v) is 14.1. The maximum atomic E-state index is 6.05. The smallest absolute Gasteiger partial charge is 0.238 e. The average molecular weight is 325 g/mol. The molecule has 0 amide bonds. The molecule has 0 atom stereocenters. The molecule has 5 nitrogen and oxygen atoms in total. The molecule has 5 heteroatoms. The van der Waals surface area contributed by atoms with E-state index >= 15 is 0 Å². The molecular weight excluding hydrogens is 302 g/mol. The molecule has 0 unspecified atom stereocenters. The summed E-state index contributed by atoms with van der Waals surface area (Å²) in [5, 5.41) is 0. The fourth-order valence-electron chi connectivity index (χ4n) is 3.42. The minimum atomic E-state index is 0.670. The molecule has 0 spiro atoms. The van der Waals surface area contributed by atoms with Crippen molar-refractivity contribution in [2.75, 3.05) is 33.4 Å². The van der Waals surface area contributed by atoms with Crippen molar-refractivity contribution < 1.29 is 9.47 Å². The van der Waals surface area contributed by atoms with Crippen LogP contribution in [0.15, 0.2) is 36.5 Å². The Morgan fingerprint density at radius 1 is 1.08 bits per heavy atom. The van der Waals surface area contributed by atoms with Gasteiger partial charge in [0.05, 0.1) is 18.1 Å². The summed E-state index contributed by atoms with van der Waals surface area (Å²) in [5.41, 5.74) is 2.94. The van der Waals surface area contributed by atoms with Gasteiger partial charge >= 0.3 is 0 Å². The Kier molecular flexibility index (Phi) is 4.26. The number of likely N-dealkylation sites (tertiary alicyclic amines) is 1. The number of fused-ring (bicyclic) bond motifs is 3. The molecule has 2 aromatic heterocycles. The van der Waals surface area contributed by atoms with Crippen LogP contribution < -0.4 is 9.47 Å². The Balaban J connectivity index is 1.59. The summed E-state index contributed by atoms with van der Waals surface area (Å²) in [4.78, 5) is 7.20. The third-order valence-electron chi connectivity index (χ3n) is 4.73. The van der Waals surface area contributed by atoms with Crippen LogP contribution in [0.1, 0.15) is 19.3 Å². The Hall–Kier alpha value is -2.27. The van der Waals surface area contributed by atoms with Gasteiger partial charge in [0.2, 0.25) is 5.88 Å². The Labute approximate surface area is 141 Å². The highest BCUT2D eigenvalue weighted by Crippen LogP contribution is 2.26. The van der Waals surface area contributed by atoms with Crippen molar-refractivity contribution in [1.82, 2.24) is 14.3 Å². The Morgan fingerprint density at radius 2 is 1.96 bits per heavy atom. The van der Waals surface area contributed by atoms with E-state index in [-0.39, 0.29) is 0 Å². The zero-order chi connectivity index (χ0) is 16.4. The van der Waals surface area contributed by atoms with Gasteiger partial charge in [-0.3, -0.25) is 4.90 Å². The summed E-state index contributed by atoms with van der Waals surface area (Å²) >= 11 is 0. The van der Waals surface area contributed by atoms with Crippen molar-refractivity contribution in [3.8, 4) is 11.6 Å². The normalized spacial score (nSPS) is 15.9. The van der Waals surface area contributed by atoms with Crippen LogP contribution in [0.3, 0.4) is 0 Å². The van der Waals surface area contributed by atoms with E-state index in [9.17, 15) is 0 Å². The van der Waals surface area contributed by atoms with Crippen LogP contribution in [0.5, 0.6) is 11.6 Å². The van der Waals surface area contributed by atoms with Gasteiger partial charge in [0, 0.05) is 18.8 Å². The molecule has 24 heavy (non-hydrogen) atoms. The molecule has 0 radical (unpaired) electrons. The lowest BCUT2D eigenvalue weighted by Crippen LogP contribution is -2.33. The van der Waals surface area contributed by atoms with Gasteiger partial charge in [-0.1, -0.05) is 6.42 Å². The molecule has 3 heterocycles. The molecule has 1 saturated heterocycles. The molecule has 4 rings (SSSR count). The van der Waals surface area contributed by atoms with Crippen LogP contribution in [0.25, 0.3) is 16.6 Å². The van der Waals surface area contributed by atoms with Crippen LogP contribution in [-0.2, 0) is 0 Å². The molecule has 3 aromatic rings. The number of nitrogens with zero attached hydrogens (tertiary/aromatic N) is 3. The van der Waals surface area contributed by atoms with E-state index < -0.39 is 0 Å². The summed E-state index contributed by atoms with van der Waals surface area (Å²) < 4.78 is 13.5. The number of benzene rings is 1. The highest BCUT2D eigenvalue weighted by atomic mass is 16.5. The highest BCUT2D eigenvalue weighted by Gasteiger charge is 2.12. The quantitative estimate of drug-likeness (QED) is 0.721. The second kappa shape index (κ2) is 6.69. The van der Waals surface area contributed by atoms with Gasteiger partial charge in [0.25, 0.3) is 0 Å². The lowest BCUT2D eigenvalue weighted by Gasteiger charge is -2.26. The van der Waals surface area contributed by atoms with E-state index in [0.29, 0.717) is 12.5 Å². The molecule has 0 saturated carbocycles. The van der Waals surface area contributed by atoms with Gasteiger partial charge < -0.3 is 13.9 Å². The van der Waals surface area contributed by atoms with E-state index in [2.05, 4.69) is 9.30 Å². The first-order chi connectivity index (χ1) is 11.8. The van der Waals surface area contributed by atoms with Crippen molar-refractivity contribution in [3.63, 3.8) is 0 Å². The van der Waals surface area contributed by atoms with Crippen molar-refractivity contribution in [2.45, 2.75) is 19.3 Å². The minimum Gasteiger partial charge on any atom is -0.497 e. The third-order valence-corrected chi connectivity index (χ3v) is 4.73. The van der Waals surface area contributed by atoms with Crippen LogP contribution in [0.4, 0.5) is 0 Å². The van der Waals surface area contributed by atoms with Gasteiger partial charge in [0.1, 0.15) is 17.9 Å². The molecule has 0 N–H and O–H groups in total. The van der Waals surface area contributed by atoms with E-state index in [1.54, 1.807) is 7.11 Å².